The monoisotopic (exact) mass is 574 g/mol. The van der Waals surface area contributed by atoms with E-state index in [1.165, 1.54) is 31.9 Å². The highest BCUT2D eigenvalue weighted by molar-refractivity contribution is 6.04. The van der Waals surface area contributed by atoms with Crippen LogP contribution in [0.4, 0.5) is 0 Å². The van der Waals surface area contributed by atoms with E-state index in [9.17, 15) is 9.59 Å². The SMILES string of the molecule is COC(=O)[C@@]1(C)C(=O)CC[C@]2(C)[C@H]3CC=C4[C@@H]5CC(C)(C)C[C@@H](OCc6ccccc6)[C@]5(C)CC[C@@]4(C)[C@]3(C)CC[C@@H]12. The summed E-state index contributed by atoms with van der Waals surface area (Å²) < 4.78 is 12.2. The van der Waals surface area contributed by atoms with Crippen LogP contribution in [0.5, 0.6) is 0 Å². The smallest absolute Gasteiger partial charge is 0.319 e. The summed E-state index contributed by atoms with van der Waals surface area (Å²) in [7, 11) is 1.44. The Morgan fingerprint density at radius 1 is 0.881 bits per heavy atom. The molecule has 0 radical (unpaired) electrons. The minimum atomic E-state index is -1.03. The lowest BCUT2D eigenvalue weighted by atomic mass is 9.33. The maximum absolute atomic E-state index is 13.3. The number of carbonyl (C=O) groups is 2. The van der Waals surface area contributed by atoms with Crippen LogP contribution in [-0.2, 0) is 25.7 Å². The van der Waals surface area contributed by atoms with Gasteiger partial charge in [0, 0.05) is 11.8 Å². The quantitative estimate of drug-likeness (QED) is 0.205. The molecule has 230 valence electrons. The van der Waals surface area contributed by atoms with Crippen LogP contribution in [0.15, 0.2) is 42.0 Å². The minimum absolute atomic E-state index is 0.0357. The molecule has 0 amide bonds. The van der Waals surface area contributed by atoms with Gasteiger partial charge in [0.1, 0.15) is 11.2 Å². The van der Waals surface area contributed by atoms with Crippen LogP contribution < -0.4 is 0 Å². The molecule has 0 unspecified atom stereocenters. The van der Waals surface area contributed by atoms with Crippen molar-refractivity contribution in [3.63, 3.8) is 0 Å². The van der Waals surface area contributed by atoms with Gasteiger partial charge in [0.2, 0.25) is 0 Å². The van der Waals surface area contributed by atoms with Crippen LogP contribution in [0.3, 0.4) is 0 Å². The maximum Gasteiger partial charge on any atom is 0.319 e. The summed E-state index contributed by atoms with van der Waals surface area (Å²) in [6.07, 6.45) is 12.0. The summed E-state index contributed by atoms with van der Waals surface area (Å²) in [5.74, 6) is 0.745. The van der Waals surface area contributed by atoms with E-state index >= 15 is 0 Å². The molecule has 0 aromatic heterocycles. The first kappa shape index (κ1) is 30.1. The molecule has 4 saturated carbocycles. The number of ketones is 1. The molecule has 1 aromatic rings. The van der Waals surface area contributed by atoms with E-state index in [0.29, 0.717) is 24.9 Å². The summed E-state index contributed by atoms with van der Waals surface area (Å²) in [6, 6.07) is 10.6. The van der Waals surface area contributed by atoms with Gasteiger partial charge >= 0.3 is 5.97 Å². The molecule has 4 nitrogen and oxygen atoms in total. The second kappa shape index (κ2) is 9.78. The van der Waals surface area contributed by atoms with Crippen LogP contribution in [0.25, 0.3) is 0 Å². The highest BCUT2D eigenvalue weighted by atomic mass is 16.5. The second-order valence-corrected chi connectivity index (χ2v) is 16.8. The summed E-state index contributed by atoms with van der Waals surface area (Å²) in [5, 5.41) is 0. The summed E-state index contributed by atoms with van der Waals surface area (Å²) >= 11 is 0. The van der Waals surface area contributed by atoms with E-state index < -0.39 is 5.41 Å². The number of benzene rings is 1. The van der Waals surface area contributed by atoms with Gasteiger partial charge in [-0.1, -0.05) is 83.5 Å². The maximum atomic E-state index is 13.3. The molecule has 0 aliphatic heterocycles. The molecule has 0 N–H and O–H groups in total. The lowest BCUT2D eigenvalue weighted by Gasteiger charge is -2.71. The number of hydrogen-bond donors (Lipinski definition) is 0. The van der Waals surface area contributed by atoms with Crippen LogP contribution in [-0.4, -0.2) is 25.0 Å². The Morgan fingerprint density at radius 3 is 2.29 bits per heavy atom. The molecule has 0 bridgehead atoms. The van der Waals surface area contributed by atoms with Crippen molar-refractivity contribution in [1.29, 1.82) is 0 Å². The third-order valence-electron chi connectivity index (χ3n) is 14.4. The summed E-state index contributed by atoms with van der Waals surface area (Å²) in [4.78, 5) is 26.5. The van der Waals surface area contributed by atoms with Gasteiger partial charge < -0.3 is 9.47 Å². The molecular weight excluding hydrogens is 520 g/mol. The zero-order valence-corrected chi connectivity index (χ0v) is 27.5. The van der Waals surface area contributed by atoms with Crippen molar-refractivity contribution in [2.45, 2.75) is 119 Å². The average molecular weight is 575 g/mol. The molecule has 9 atom stereocenters. The molecule has 5 aliphatic carbocycles. The molecule has 4 heteroatoms. The number of ether oxygens (including phenoxy) is 2. The first-order valence-electron chi connectivity index (χ1n) is 16.6. The Labute approximate surface area is 254 Å². The van der Waals surface area contributed by atoms with Gasteiger partial charge in [-0.25, -0.2) is 0 Å². The fourth-order valence-corrected chi connectivity index (χ4v) is 11.6. The van der Waals surface area contributed by atoms with Gasteiger partial charge in [0.15, 0.2) is 0 Å². The predicted octanol–water partition coefficient (Wildman–Crippen LogP) is 8.73. The van der Waals surface area contributed by atoms with Crippen molar-refractivity contribution in [1.82, 2.24) is 0 Å². The molecular formula is C38H54O4. The van der Waals surface area contributed by atoms with E-state index in [0.717, 1.165) is 32.1 Å². The third kappa shape index (κ3) is 4.02. The van der Waals surface area contributed by atoms with E-state index in [4.69, 9.17) is 9.47 Å². The number of rotatable bonds is 4. The number of Topliss-reactive ketones (excluding diaryl/α,β-unsaturated/α-hetero) is 1. The second-order valence-electron chi connectivity index (χ2n) is 16.8. The number of esters is 1. The molecule has 0 spiro atoms. The van der Waals surface area contributed by atoms with Gasteiger partial charge in [-0.05, 0) is 103 Å². The van der Waals surface area contributed by atoms with Gasteiger partial charge in [-0.3, -0.25) is 9.59 Å². The van der Waals surface area contributed by atoms with Gasteiger partial charge in [0.25, 0.3) is 0 Å². The number of carbonyl (C=O) groups excluding carboxylic acids is 2. The fraction of sp³-hybridized carbons (Fsp3) is 0.737. The van der Waals surface area contributed by atoms with Crippen LogP contribution in [0.2, 0.25) is 0 Å². The normalized spacial score (nSPS) is 45.9. The van der Waals surface area contributed by atoms with Gasteiger partial charge in [0.05, 0.1) is 19.8 Å². The average Bonchev–Trinajstić information content (AvgIpc) is 2.95. The lowest BCUT2D eigenvalue weighted by molar-refractivity contribution is -0.203. The lowest BCUT2D eigenvalue weighted by Crippen LogP contribution is -2.66. The Kier molecular flexibility index (Phi) is 7.01. The molecule has 0 heterocycles. The Bertz CT molecular complexity index is 1270. The van der Waals surface area contributed by atoms with Crippen molar-refractivity contribution >= 4 is 11.8 Å². The number of allylic oxidation sites excluding steroid dienone is 2. The van der Waals surface area contributed by atoms with Crippen LogP contribution >= 0.6 is 0 Å². The molecule has 4 fully saturated rings. The van der Waals surface area contributed by atoms with E-state index in [1.807, 2.05) is 6.92 Å². The molecule has 42 heavy (non-hydrogen) atoms. The Morgan fingerprint density at radius 2 is 1.60 bits per heavy atom. The van der Waals surface area contributed by atoms with E-state index in [-0.39, 0.29) is 50.8 Å². The first-order chi connectivity index (χ1) is 19.7. The largest absolute Gasteiger partial charge is 0.468 e. The van der Waals surface area contributed by atoms with Crippen LogP contribution in [0.1, 0.15) is 112 Å². The first-order valence-corrected chi connectivity index (χ1v) is 16.6. The number of methoxy groups -OCH3 is 1. The number of hydrogen-bond acceptors (Lipinski definition) is 4. The van der Waals surface area contributed by atoms with Crippen LogP contribution in [0, 0.1) is 50.2 Å². The Balaban J connectivity index is 1.36. The molecule has 1 aromatic carbocycles. The zero-order chi connectivity index (χ0) is 30.3. The number of fused-ring (bicyclic) bond motifs is 7. The minimum Gasteiger partial charge on any atom is -0.468 e. The van der Waals surface area contributed by atoms with Crippen molar-refractivity contribution in [3.05, 3.63) is 47.5 Å². The van der Waals surface area contributed by atoms with Gasteiger partial charge in [-0.2, -0.15) is 0 Å². The van der Waals surface area contributed by atoms with E-state index in [2.05, 4.69) is 78.0 Å². The molecule has 5 aliphatic rings. The fourth-order valence-electron chi connectivity index (χ4n) is 11.6. The topological polar surface area (TPSA) is 52.6 Å². The van der Waals surface area contributed by atoms with Crippen molar-refractivity contribution in [3.8, 4) is 0 Å². The van der Waals surface area contributed by atoms with Crippen molar-refractivity contribution in [2.75, 3.05) is 7.11 Å². The van der Waals surface area contributed by atoms with Gasteiger partial charge in [-0.15, -0.1) is 0 Å². The Hall–Kier alpha value is -1.94. The highest BCUT2D eigenvalue weighted by Crippen LogP contribution is 2.75. The molecule has 6 rings (SSSR count). The summed E-state index contributed by atoms with van der Waals surface area (Å²) in [5.41, 5.74) is 2.43. The highest BCUT2D eigenvalue weighted by Gasteiger charge is 2.70. The predicted molar refractivity (Wildman–Crippen MR) is 166 cm³/mol. The van der Waals surface area contributed by atoms with Crippen molar-refractivity contribution < 1.29 is 19.1 Å². The zero-order valence-electron chi connectivity index (χ0n) is 27.5. The third-order valence-corrected chi connectivity index (χ3v) is 14.4. The molecule has 0 saturated heterocycles. The van der Waals surface area contributed by atoms with Crippen molar-refractivity contribution in [2.24, 2.45) is 50.2 Å². The standard InChI is InChI=1S/C38H54O4/c1-33(2)22-27-26-14-15-28-35(4)18-17-30(39)38(7,32(40)41-8)29(35)16-19-37(28,6)36(26,5)21-20-34(27,3)31(23-33)42-24-25-12-10-9-11-13-25/h9-14,27-29,31H,15-24H2,1-8H3/t27-,28+,29+,31+,34+,35+,36+,37+,38+/m0/s1. The summed E-state index contributed by atoms with van der Waals surface area (Å²) in [6.45, 7) is 17.6. The van der Waals surface area contributed by atoms with E-state index in [1.54, 1.807) is 5.57 Å².